The van der Waals surface area contributed by atoms with Crippen LogP contribution in [0.4, 0.5) is 5.69 Å². The molecule has 0 saturated carbocycles. The molecule has 216 valence electrons. The molecule has 2 aromatic carbocycles. The molecule has 1 atom stereocenters. The smallest absolute Gasteiger partial charge is 0.246 e. The average Bonchev–Trinajstić information content (AvgIpc) is 3.08. The Hall–Kier alpha value is -3.41. The van der Waals surface area contributed by atoms with Crippen LogP contribution in [0.2, 0.25) is 0 Å². The van der Waals surface area contributed by atoms with E-state index in [9.17, 15) is 4.79 Å². The maximum absolute atomic E-state index is 12.0. The Labute approximate surface area is 250 Å². The number of benzene rings is 2. The summed E-state index contributed by atoms with van der Waals surface area (Å²) in [6.07, 6.45) is 14.7. The molecule has 1 saturated heterocycles. The number of nitrogens with zero attached hydrogens (tertiary/aromatic N) is 2. The Kier molecular flexibility index (Phi) is 11.6. The highest BCUT2D eigenvalue weighted by Crippen LogP contribution is 2.34. The van der Waals surface area contributed by atoms with Crippen molar-refractivity contribution in [3.8, 4) is 0 Å². The number of allylic oxidation sites excluding steroid dienone is 5. The van der Waals surface area contributed by atoms with Gasteiger partial charge < -0.3 is 15.5 Å². The van der Waals surface area contributed by atoms with Gasteiger partial charge in [0.25, 0.3) is 0 Å². The van der Waals surface area contributed by atoms with Crippen molar-refractivity contribution in [1.29, 1.82) is 0 Å². The number of amides is 1. The van der Waals surface area contributed by atoms with Crippen LogP contribution in [-0.4, -0.2) is 35.8 Å². The van der Waals surface area contributed by atoms with E-state index in [2.05, 4.69) is 91.7 Å². The topological polar surface area (TPSA) is 56.7 Å². The van der Waals surface area contributed by atoms with Gasteiger partial charge in [-0.1, -0.05) is 80.1 Å². The van der Waals surface area contributed by atoms with Crippen LogP contribution in [0.5, 0.6) is 0 Å². The molecule has 0 unspecified atom stereocenters. The Balaban J connectivity index is 1.41. The summed E-state index contributed by atoms with van der Waals surface area (Å²) in [6, 6.07) is 17.3. The Morgan fingerprint density at radius 2 is 1.98 bits per heavy atom. The third-order valence-electron chi connectivity index (χ3n) is 7.66. The monoisotopic (exact) mass is 570 g/mol. The molecular formula is C35H43ClN4O. The van der Waals surface area contributed by atoms with Gasteiger partial charge in [0.2, 0.25) is 5.91 Å². The van der Waals surface area contributed by atoms with Crippen molar-refractivity contribution >= 4 is 34.6 Å². The summed E-state index contributed by atoms with van der Waals surface area (Å²) in [4.78, 5) is 18.6. The summed E-state index contributed by atoms with van der Waals surface area (Å²) >= 11 is 6.91. The van der Waals surface area contributed by atoms with Crippen molar-refractivity contribution in [2.75, 3.05) is 18.4 Å². The standard InChI is InChI=1S/C35H43ClN4O/c1-4-6-14-31(30-15-8-7-12-26(30)3)32-16-9-10-17-34(38-24-33(32)36)39-28-20-18-27(19-21-28)23-37-29-13-11-22-40(25-29)35(41)5-2/h5,7-8,12,14-16,18-21,24,29,37H,2,4,6,9-11,13,17,22-23,25H2,1,3H3,(H,38,39)/b31-14+,32-16-,33-24+/t29-/m1/s1. The van der Waals surface area contributed by atoms with Gasteiger partial charge in [-0.25, -0.2) is 4.99 Å². The third kappa shape index (κ3) is 8.79. The first-order valence-electron chi connectivity index (χ1n) is 14.9. The molecule has 6 heteroatoms. The molecule has 2 N–H and O–H groups in total. The molecule has 1 fully saturated rings. The molecule has 5 nitrogen and oxygen atoms in total. The van der Waals surface area contributed by atoms with Crippen LogP contribution < -0.4 is 10.6 Å². The van der Waals surface area contributed by atoms with E-state index in [1.54, 1.807) is 6.20 Å². The number of piperidine rings is 1. The van der Waals surface area contributed by atoms with Gasteiger partial charge in [-0.05, 0) is 85.1 Å². The largest absolute Gasteiger partial charge is 0.344 e. The first-order valence-corrected chi connectivity index (χ1v) is 15.3. The van der Waals surface area contributed by atoms with Crippen molar-refractivity contribution in [2.45, 2.75) is 71.4 Å². The van der Waals surface area contributed by atoms with Crippen LogP contribution >= 0.6 is 11.6 Å². The number of aryl methyl sites for hydroxylation is 1. The number of hydrogen-bond acceptors (Lipinski definition) is 4. The lowest BCUT2D eigenvalue weighted by atomic mass is 9.92. The van der Waals surface area contributed by atoms with Gasteiger partial charge in [-0.15, -0.1) is 0 Å². The van der Waals surface area contributed by atoms with Gasteiger partial charge in [0, 0.05) is 44.0 Å². The number of carbonyl (C=O) groups excluding carboxylic acids is 1. The van der Waals surface area contributed by atoms with Gasteiger partial charge in [0.1, 0.15) is 5.84 Å². The molecular weight excluding hydrogens is 528 g/mol. The van der Waals surface area contributed by atoms with E-state index in [1.807, 2.05) is 4.90 Å². The lowest BCUT2D eigenvalue weighted by molar-refractivity contribution is -0.127. The number of hydrogen-bond donors (Lipinski definition) is 2. The third-order valence-corrected chi connectivity index (χ3v) is 7.97. The summed E-state index contributed by atoms with van der Waals surface area (Å²) < 4.78 is 0. The van der Waals surface area contributed by atoms with Gasteiger partial charge in [-0.3, -0.25) is 4.79 Å². The highest BCUT2D eigenvalue weighted by Gasteiger charge is 2.21. The van der Waals surface area contributed by atoms with E-state index in [0.29, 0.717) is 11.1 Å². The Bertz CT molecular complexity index is 1320. The first-order chi connectivity index (χ1) is 20.0. The Morgan fingerprint density at radius 3 is 2.73 bits per heavy atom. The predicted molar refractivity (Wildman–Crippen MR) is 174 cm³/mol. The molecule has 0 spiro atoms. The van der Waals surface area contributed by atoms with E-state index < -0.39 is 0 Å². The first kappa shape index (κ1) is 30.5. The highest BCUT2D eigenvalue weighted by molar-refractivity contribution is 6.33. The number of unbranched alkanes of at least 4 members (excludes halogenated alkanes) is 1. The molecule has 2 aliphatic rings. The average molecular weight is 571 g/mol. The quantitative estimate of drug-likeness (QED) is 0.299. The summed E-state index contributed by atoms with van der Waals surface area (Å²) in [6.45, 7) is 10.3. The molecule has 0 aromatic heterocycles. The summed E-state index contributed by atoms with van der Waals surface area (Å²) in [5.74, 6) is 0.926. The zero-order chi connectivity index (χ0) is 29.0. The van der Waals surface area contributed by atoms with Crippen LogP contribution in [-0.2, 0) is 11.3 Å². The predicted octanol–water partition coefficient (Wildman–Crippen LogP) is 8.15. The molecule has 2 aromatic rings. The Morgan fingerprint density at radius 1 is 1.17 bits per heavy atom. The lowest BCUT2D eigenvalue weighted by Crippen LogP contribution is -2.47. The second-order valence-electron chi connectivity index (χ2n) is 10.8. The molecule has 0 bridgehead atoms. The number of rotatable bonds is 9. The molecule has 1 amide bonds. The van der Waals surface area contributed by atoms with Crippen LogP contribution in [0.1, 0.15) is 68.6 Å². The maximum atomic E-state index is 12.0. The number of likely N-dealkylation sites (tertiary alicyclic amines) is 1. The van der Waals surface area contributed by atoms with E-state index in [4.69, 9.17) is 16.6 Å². The van der Waals surface area contributed by atoms with E-state index in [-0.39, 0.29) is 5.91 Å². The number of aliphatic imine (C=N–C) groups is 1. The second-order valence-corrected chi connectivity index (χ2v) is 11.2. The molecule has 0 aliphatic carbocycles. The van der Waals surface area contributed by atoms with Gasteiger partial charge in [0.05, 0.1) is 5.03 Å². The van der Waals surface area contributed by atoms with Gasteiger partial charge >= 0.3 is 0 Å². The van der Waals surface area contributed by atoms with E-state index >= 15 is 0 Å². The van der Waals surface area contributed by atoms with Crippen LogP contribution in [0.25, 0.3) is 5.57 Å². The summed E-state index contributed by atoms with van der Waals surface area (Å²) in [5, 5.41) is 7.78. The zero-order valence-corrected chi connectivity index (χ0v) is 25.2. The zero-order valence-electron chi connectivity index (χ0n) is 24.5. The fourth-order valence-electron chi connectivity index (χ4n) is 5.35. The molecule has 0 radical (unpaired) electrons. The van der Waals surface area contributed by atoms with Crippen LogP contribution in [0.3, 0.4) is 0 Å². The number of halogens is 1. The summed E-state index contributed by atoms with van der Waals surface area (Å²) in [5.41, 5.74) is 6.93. The number of carbonyl (C=O) groups is 1. The number of nitrogens with one attached hydrogen (secondary N) is 2. The fourth-order valence-corrected chi connectivity index (χ4v) is 5.58. The minimum absolute atomic E-state index is 0.0163. The van der Waals surface area contributed by atoms with Crippen molar-refractivity contribution in [2.24, 2.45) is 4.99 Å². The second kappa shape index (κ2) is 15.6. The maximum Gasteiger partial charge on any atom is 0.246 e. The minimum Gasteiger partial charge on any atom is -0.344 e. The number of anilines is 1. The van der Waals surface area contributed by atoms with Gasteiger partial charge in [-0.2, -0.15) is 0 Å². The van der Waals surface area contributed by atoms with Gasteiger partial charge in [0.15, 0.2) is 0 Å². The van der Waals surface area contributed by atoms with E-state index in [1.165, 1.54) is 28.3 Å². The molecule has 2 aliphatic heterocycles. The molecule has 41 heavy (non-hydrogen) atoms. The number of amidine groups is 1. The highest BCUT2D eigenvalue weighted by atomic mass is 35.5. The van der Waals surface area contributed by atoms with Crippen molar-refractivity contribution in [1.82, 2.24) is 10.2 Å². The normalized spacial score (nSPS) is 20.9. The molecule has 4 rings (SSSR count). The van der Waals surface area contributed by atoms with Crippen molar-refractivity contribution in [3.05, 3.63) is 107 Å². The van der Waals surface area contributed by atoms with Crippen molar-refractivity contribution < 1.29 is 4.79 Å². The van der Waals surface area contributed by atoms with Crippen LogP contribution in [0.15, 0.2) is 95.1 Å². The minimum atomic E-state index is 0.0163. The van der Waals surface area contributed by atoms with E-state index in [0.717, 1.165) is 81.7 Å². The van der Waals surface area contributed by atoms with Crippen molar-refractivity contribution in [3.63, 3.8) is 0 Å². The summed E-state index contributed by atoms with van der Waals surface area (Å²) in [7, 11) is 0. The SMILES string of the molecule is C=CC(=O)N1CCC[C@@H](NCc2ccc(NC3=N\C=C(Cl)/C(C(=C/CCC)/c4ccccc4C)=C\CCC3)cc2)C1. The fraction of sp³-hybridized carbons (Fsp3) is 0.371. The van der Waals surface area contributed by atoms with Crippen LogP contribution in [0, 0.1) is 6.92 Å². The molecule has 2 heterocycles. The lowest BCUT2D eigenvalue weighted by Gasteiger charge is -2.32.